The van der Waals surface area contributed by atoms with Crippen molar-refractivity contribution in [3.05, 3.63) is 66.4 Å². The van der Waals surface area contributed by atoms with Gasteiger partial charge in [0.2, 0.25) is 0 Å². The van der Waals surface area contributed by atoms with E-state index in [1.54, 1.807) is 30.5 Å². The van der Waals surface area contributed by atoms with E-state index in [2.05, 4.69) is 37.1 Å². The van der Waals surface area contributed by atoms with Crippen molar-refractivity contribution in [3.8, 4) is 17.6 Å². The molecule has 0 radical (unpaired) electrons. The van der Waals surface area contributed by atoms with Crippen molar-refractivity contribution in [1.29, 1.82) is 5.26 Å². The van der Waals surface area contributed by atoms with Crippen LogP contribution in [0.4, 0.5) is 5.69 Å². The molecule has 5 nitrogen and oxygen atoms in total. The molecule has 1 saturated heterocycles. The third-order valence-electron chi connectivity index (χ3n) is 6.21. The SMILES string of the molecule is CC1(C)CC2CC(C)(CN2/C=C(/C#N)C(=O)Nc2ccc(Oc3ccccc3)cc2)C1. The Hall–Kier alpha value is -3.26. The van der Waals surface area contributed by atoms with Gasteiger partial charge in [0.25, 0.3) is 5.91 Å². The second-order valence-corrected chi connectivity index (χ2v) is 9.93. The number of rotatable bonds is 5. The Morgan fingerprint density at radius 2 is 1.77 bits per heavy atom. The lowest BCUT2D eigenvalue weighted by molar-refractivity contribution is -0.112. The van der Waals surface area contributed by atoms with Crippen molar-refractivity contribution >= 4 is 11.6 Å². The molecule has 2 unspecified atom stereocenters. The molecular weight excluding hydrogens is 386 g/mol. The maximum absolute atomic E-state index is 12.7. The highest BCUT2D eigenvalue weighted by Gasteiger charge is 2.48. The second kappa shape index (κ2) is 8.11. The van der Waals surface area contributed by atoms with Crippen molar-refractivity contribution in [1.82, 2.24) is 4.90 Å². The lowest BCUT2D eigenvalue weighted by Gasteiger charge is -2.39. The quantitative estimate of drug-likeness (QED) is 0.501. The molecule has 4 rings (SSSR count). The highest BCUT2D eigenvalue weighted by Crippen LogP contribution is 2.52. The first-order valence-electron chi connectivity index (χ1n) is 10.8. The fourth-order valence-electron chi connectivity index (χ4n) is 5.39. The van der Waals surface area contributed by atoms with E-state index in [4.69, 9.17) is 4.74 Å². The van der Waals surface area contributed by atoms with Crippen LogP contribution >= 0.6 is 0 Å². The van der Waals surface area contributed by atoms with Crippen molar-refractivity contribution in [2.24, 2.45) is 10.8 Å². The van der Waals surface area contributed by atoms with Crippen LogP contribution in [-0.2, 0) is 4.79 Å². The minimum atomic E-state index is -0.384. The number of carbonyl (C=O) groups is 1. The van der Waals surface area contributed by atoms with Gasteiger partial charge in [-0.1, -0.05) is 39.0 Å². The lowest BCUT2D eigenvalue weighted by atomic mass is 9.65. The van der Waals surface area contributed by atoms with Crippen molar-refractivity contribution in [2.45, 2.75) is 46.1 Å². The molecular formula is C26H29N3O2. The Balaban J connectivity index is 1.42. The van der Waals surface area contributed by atoms with Crippen LogP contribution in [0.5, 0.6) is 11.5 Å². The molecule has 31 heavy (non-hydrogen) atoms. The molecule has 2 bridgehead atoms. The van der Waals surface area contributed by atoms with Gasteiger partial charge in [-0.25, -0.2) is 0 Å². The van der Waals surface area contributed by atoms with E-state index in [-0.39, 0.29) is 16.9 Å². The van der Waals surface area contributed by atoms with E-state index < -0.39 is 0 Å². The topological polar surface area (TPSA) is 65.4 Å². The van der Waals surface area contributed by atoms with Crippen LogP contribution in [0.25, 0.3) is 0 Å². The maximum atomic E-state index is 12.7. The summed E-state index contributed by atoms with van der Waals surface area (Å²) in [4.78, 5) is 15.0. The van der Waals surface area contributed by atoms with Gasteiger partial charge in [-0.3, -0.25) is 4.79 Å². The number of nitrogens with zero attached hydrogens (tertiary/aromatic N) is 2. The van der Waals surface area contributed by atoms with Gasteiger partial charge < -0.3 is 15.0 Å². The first-order chi connectivity index (χ1) is 14.8. The van der Waals surface area contributed by atoms with Gasteiger partial charge in [-0.05, 0) is 66.5 Å². The molecule has 2 atom stereocenters. The molecule has 0 spiro atoms. The smallest absolute Gasteiger partial charge is 0.267 e. The number of fused-ring (bicyclic) bond motifs is 2. The van der Waals surface area contributed by atoms with E-state index in [1.165, 1.54) is 6.42 Å². The van der Waals surface area contributed by atoms with Crippen LogP contribution in [0.15, 0.2) is 66.4 Å². The minimum Gasteiger partial charge on any atom is -0.457 e. The lowest BCUT2D eigenvalue weighted by Crippen LogP contribution is -2.33. The summed E-state index contributed by atoms with van der Waals surface area (Å²) < 4.78 is 5.78. The molecule has 1 saturated carbocycles. The standard InChI is InChI=1S/C26H29N3O2/c1-25(2)13-21-14-26(3,17-25)18-29(21)16-19(15-27)24(30)28-20-9-11-23(12-10-20)31-22-7-5-4-6-8-22/h4-12,16,21H,13-14,17-18H2,1-3H3,(H,28,30)/b19-16-. The monoisotopic (exact) mass is 415 g/mol. The predicted octanol–water partition coefficient (Wildman–Crippen LogP) is 5.73. The van der Waals surface area contributed by atoms with Gasteiger partial charge in [0.1, 0.15) is 23.1 Å². The summed E-state index contributed by atoms with van der Waals surface area (Å²) in [6, 6.07) is 19.1. The first kappa shape index (κ1) is 21.0. The zero-order valence-electron chi connectivity index (χ0n) is 18.4. The normalized spacial score (nSPS) is 24.4. The van der Waals surface area contributed by atoms with E-state index in [0.29, 0.717) is 22.9 Å². The average Bonchev–Trinajstić information content (AvgIpc) is 2.96. The molecule has 5 heteroatoms. The van der Waals surface area contributed by atoms with E-state index >= 15 is 0 Å². The summed E-state index contributed by atoms with van der Waals surface area (Å²) in [5.74, 6) is 1.05. The Labute approximate surface area is 184 Å². The van der Waals surface area contributed by atoms with Crippen molar-refractivity contribution in [2.75, 3.05) is 11.9 Å². The number of nitriles is 1. The molecule has 2 fully saturated rings. The van der Waals surface area contributed by atoms with Gasteiger partial charge in [0.05, 0.1) is 0 Å². The Kier molecular flexibility index (Phi) is 5.49. The van der Waals surface area contributed by atoms with Gasteiger partial charge in [0, 0.05) is 24.5 Å². The molecule has 2 aromatic carbocycles. The largest absolute Gasteiger partial charge is 0.457 e. The number of ether oxygens (including phenoxy) is 1. The van der Waals surface area contributed by atoms with Gasteiger partial charge in [0.15, 0.2) is 0 Å². The van der Waals surface area contributed by atoms with E-state index in [0.717, 1.165) is 25.1 Å². The summed E-state index contributed by atoms with van der Waals surface area (Å²) in [6.45, 7) is 7.84. The molecule has 160 valence electrons. The fourth-order valence-corrected chi connectivity index (χ4v) is 5.39. The number of likely N-dealkylation sites (tertiary alicyclic amines) is 1. The summed E-state index contributed by atoms with van der Waals surface area (Å²) in [5.41, 5.74) is 1.30. The average molecular weight is 416 g/mol. The van der Waals surface area contributed by atoms with Gasteiger partial charge in [-0.2, -0.15) is 5.26 Å². The molecule has 1 amide bonds. The number of nitrogens with one attached hydrogen (secondary N) is 1. The van der Waals surface area contributed by atoms with Crippen molar-refractivity contribution in [3.63, 3.8) is 0 Å². The minimum absolute atomic E-state index is 0.138. The molecule has 2 aliphatic rings. The number of hydrogen-bond acceptors (Lipinski definition) is 4. The fraction of sp³-hybridized carbons (Fsp3) is 0.385. The number of anilines is 1. The van der Waals surface area contributed by atoms with Gasteiger partial charge >= 0.3 is 0 Å². The number of carbonyl (C=O) groups excluding carboxylic acids is 1. The van der Waals surface area contributed by atoms with Gasteiger partial charge in [-0.15, -0.1) is 0 Å². The van der Waals surface area contributed by atoms with E-state index in [9.17, 15) is 10.1 Å². The zero-order valence-corrected chi connectivity index (χ0v) is 18.4. The Bertz CT molecular complexity index is 1020. The number of para-hydroxylation sites is 1. The molecule has 1 heterocycles. The van der Waals surface area contributed by atoms with Crippen LogP contribution in [0, 0.1) is 22.2 Å². The molecule has 0 aromatic heterocycles. The van der Waals surface area contributed by atoms with Crippen LogP contribution in [0.1, 0.15) is 40.0 Å². The Morgan fingerprint density at radius 3 is 2.45 bits per heavy atom. The van der Waals surface area contributed by atoms with E-state index in [1.807, 2.05) is 30.3 Å². The second-order valence-electron chi connectivity index (χ2n) is 9.93. The summed E-state index contributed by atoms with van der Waals surface area (Å²) >= 11 is 0. The van der Waals surface area contributed by atoms with Crippen LogP contribution in [0.3, 0.4) is 0 Å². The van der Waals surface area contributed by atoms with Crippen LogP contribution in [-0.4, -0.2) is 23.4 Å². The number of benzene rings is 2. The number of amides is 1. The summed E-state index contributed by atoms with van der Waals surface area (Å²) in [5, 5.41) is 12.5. The van der Waals surface area contributed by atoms with Crippen LogP contribution in [0.2, 0.25) is 0 Å². The summed E-state index contributed by atoms with van der Waals surface area (Å²) in [6.07, 6.45) is 5.14. The molecule has 1 N–H and O–H groups in total. The third kappa shape index (κ3) is 4.91. The molecule has 1 aliphatic heterocycles. The number of hydrogen-bond donors (Lipinski definition) is 1. The predicted molar refractivity (Wildman–Crippen MR) is 122 cm³/mol. The Morgan fingerprint density at radius 1 is 1.10 bits per heavy atom. The summed E-state index contributed by atoms with van der Waals surface area (Å²) in [7, 11) is 0. The maximum Gasteiger partial charge on any atom is 0.267 e. The van der Waals surface area contributed by atoms with Crippen LogP contribution < -0.4 is 10.1 Å². The highest BCUT2D eigenvalue weighted by molar-refractivity contribution is 6.06. The third-order valence-corrected chi connectivity index (χ3v) is 6.21. The molecule has 1 aliphatic carbocycles. The zero-order chi connectivity index (χ0) is 22.1. The van der Waals surface area contributed by atoms with Crippen molar-refractivity contribution < 1.29 is 9.53 Å². The highest BCUT2D eigenvalue weighted by atomic mass is 16.5. The molecule has 2 aromatic rings. The first-order valence-corrected chi connectivity index (χ1v) is 10.8.